The first-order chi connectivity index (χ1) is 15.0. The number of thioether (sulfide) groups is 1. The summed E-state index contributed by atoms with van der Waals surface area (Å²) in [5.41, 5.74) is 5.71. The Morgan fingerprint density at radius 1 is 0.969 bits per heavy atom. The number of carbonyl (C=O) groups is 5. The summed E-state index contributed by atoms with van der Waals surface area (Å²) >= 11 is 5.52. The van der Waals surface area contributed by atoms with E-state index in [1.54, 1.807) is 6.92 Å². The summed E-state index contributed by atoms with van der Waals surface area (Å²) < 4.78 is 0. The minimum Gasteiger partial charge on any atom is -0.481 e. The van der Waals surface area contributed by atoms with Gasteiger partial charge in [-0.25, -0.2) is 4.79 Å². The number of amides is 3. The summed E-state index contributed by atoms with van der Waals surface area (Å²) in [6, 6.07) is -4.36. The van der Waals surface area contributed by atoms with Crippen LogP contribution in [0.4, 0.5) is 0 Å². The quantitative estimate of drug-likeness (QED) is 0.138. The van der Waals surface area contributed by atoms with E-state index in [1.807, 2.05) is 13.2 Å². The molecule has 0 aliphatic heterocycles. The highest BCUT2D eigenvalue weighted by Crippen LogP contribution is 2.10. The molecule has 0 fully saturated rings. The normalized spacial score (nSPS) is 15.5. The van der Waals surface area contributed by atoms with Crippen LogP contribution in [0.25, 0.3) is 0 Å². The third-order valence-corrected chi connectivity index (χ3v) is 5.85. The molecular formula is C19H34N4O7S2. The minimum absolute atomic E-state index is 0.0915. The van der Waals surface area contributed by atoms with Crippen LogP contribution in [0, 0.1) is 5.92 Å². The van der Waals surface area contributed by atoms with Gasteiger partial charge in [0.25, 0.3) is 0 Å². The molecule has 13 heteroatoms. The fraction of sp³-hybridized carbons (Fsp3) is 0.737. The van der Waals surface area contributed by atoms with Crippen LogP contribution < -0.4 is 21.7 Å². The lowest BCUT2D eigenvalue weighted by molar-refractivity contribution is -0.142. The zero-order valence-corrected chi connectivity index (χ0v) is 20.2. The predicted molar refractivity (Wildman–Crippen MR) is 125 cm³/mol. The SMILES string of the molecule is CCC(C)C(NC(=O)C(N)CCC(=O)O)C(=O)NC(CS)C(=O)NC(CCSC)C(=O)O. The second kappa shape index (κ2) is 15.8. The number of thiol groups is 1. The zero-order valence-electron chi connectivity index (χ0n) is 18.5. The molecule has 0 aliphatic rings. The Bertz CT molecular complexity index is 666. The van der Waals surface area contributed by atoms with Crippen molar-refractivity contribution in [3.05, 3.63) is 0 Å². The molecule has 7 N–H and O–H groups in total. The largest absolute Gasteiger partial charge is 0.481 e. The van der Waals surface area contributed by atoms with Gasteiger partial charge < -0.3 is 31.9 Å². The standard InChI is InChI=1S/C19H34N4O7S2/c1-4-10(2)15(23-16(26)11(20)5-6-14(24)25)18(28)22-13(9-31)17(27)21-12(19(29)30)7-8-32-3/h10-13,15,31H,4-9,20H2,1-3H3,(H,21,27)(H,22,28)(H,23,26)(H,24,25)(H,29,30). The molecule has 0 aromatic rings. The molecule has 0 aliphatic carbocycles. The van der Waals surface area contributed by atoms with Crippen molar-refractivity contribution in [3.8, 4) is 0 Å². The van der Waals surface area contributed by atoms with Gasteiger partial charge in [0.15, 0.2) is 0 Å². The van der Waals surface area contributed by atoms with Crippen LogP contribution in [0.2, 0.25) is 0 Å². The number of hydrogen-bond acceptors (Lipinski definition) is 8. The van der Waals surface area contributed by atoms with Gasteiger partial charge in [-0.05, 0) is 30.8 Å². The average molecular weight is 495 g/mol. The van der Waals surface area contributed by atoms with E-state index >= 15 is 0 Å². The maximum absolute atomic E-state index is 12.8. The van der Waals surface area contributed by atoms with E-state index < -0.39 is 53.8 Å². The number of carbonyl (C=O) groups excluding carboxylic acids is 3. The van der Waals surface area contributed by atoms with Crippen LogP contribution in [0.15, 0.2) is 0 Å². The third-order valence-electron chi connectivity index (χ3n) is 4.84. The topological polar surface area (TPSA) is 188 Å². The van der Waals surface area contributed by atoms with Crippen LogP contribution in [-0.2, 0) is 24.0 Å². The molecule has 3 amide bonds. The van der Waals surface area contributed by atoms with E-state index in [4.69, 9.17) is 10.8 Å². The zero-order chi connectivity index (χ0) is 24.8. The number of hydrogen-bond donors (Lipinski definition) is 7. The number of nitrogens with one attached hydrogen (secondary N) is 3. The van der Waals surface area contributed by atoms with E-state index in [2.05, 4.69) is 28.6 Å². The maximum Gasteiger partial charge on any atom is 0.326 e. The molecule has 5 atom stereocenters. The Balaban J connectivity index is 5.23. The Kier molecular flexibility index (Phi) is 14.8. The van der Waals surface area contributed by atoms with Crippen molar-refractivity contribution in [2.24, 2.45) is 11.7 Å². The van der Waals surface area contributed by atoms with Gasteiger partial charge in [0, 0.05) is 12.2 Å². The maximum atomic E-state index is 12.8. The van der Waals surface area contributed by atoms with Crippen molar-refractivity contribution in [2.45, 2.75) is 63.7 Å². The molecule has 11 nitrogen and oxygen atoms in total. The molecule has 0 spiro atoms. The Hall–Kier alpha value is -1.99. The lowest BCUT2D eigenvalue weighted by Gasteiger charge is -2.27. The second-order valence-electron chi connectivity index (χ2n) is 7.34. The van der Waals surface area contributed by atoms with Gasteiger partial charge in [0.05, 0.1) is 6.04 Å². The highest BCUT2D eigenvalue weighted by atomic mass is 32.2. The van der Waals surface area contributed by atoms with E-state index in [0.717, 1.165) is 0 Å². The average Bonchev–Trinajstić information content (AvgIpc) is 2.75. The smallest absolute Gasteiger partial charge is 0.326 e. The first-order valence-electron chi connectivity index (χ1n) is 10.2. The molecule has 0 radical (unpaired) electrons. The molecular weight excluding hydrogens is 460 g/mol. The summed E-state index contributed by atoms with van der Waals surface area (Å²) in [5, 5.41) is 25.4. The summed E-state index contributed by atoms with van der Waals surface area (Å²) in [6.07, 6.45) is 2.17. The molecule has 0 heterocycles. The predicted octanol–water partition coefficient (Wildman–Crippen LogP) is -0.553. The monoisotopic (exact) mass is 494 g/mol. The van der Waals surface area contributed by atoms with Gasteiger partial charge in [0.1, 0.15) is 18.1 Å². The van der Waals surface area contributed by atoms with E-state index in [9.17, 15) is 29.1 Å². The van der Waals surface area contributed by atoms with Gasteiger partial charge in [-0.3, -0.25) is 19.2 Å². The van der Waals surface area contributed by atoms with Crippen molar-refractivity contribution >= 4 is 54.1 Å². The van der Waals surface area contributed by atoms with Crippen molar-refractivity contribution < 1.29 is 34.2 Å². The first kappa shape index (κ1) is 30.0. The van der Waals surface area contributed by atoms with Crippen LogP contribution in [-0.4, -0.2) is 81.8 Å². The molecule has 0 bridgehead atoms. The van der Waals surface area contributed by atoms with E-state index in [0.29, 0.717) is 12.2 Å². The van der Waals surface area contributed by atoms with Gasteiger partial charge in [0.2, 0.25) is 17.7 Å². The fourth-order valence-corrected chi connectivity index (χ4v) is 3.32. The molecule has 0 saturated carbocycles. The van der Waals surface area contributed by atoms with Crippen LogP contribution in [0.3, 0.4) is 0 Å². The molecule has 0 aromatic heterocycles. The van der Waals surface area contributed by atoms with Crippen LogP contribution in [0.5, 0.6) is 0 Å². The number of aliphatic carboxylic acids is 2. The van der Waals surface area contributed by atoms with Crippen LogP contribution in [0.1, 0.15) is 39.5 Å². The minimum atomic E-state index is -1.18. The van der Waals surface area contributed by atoms with Gasteiger partial charge >= 0.3 is 11.9 Å². The molecule has 32 heavy (non-hydrogen) atoms. The van der Waals surface area contributed by atoms with Gasteiger partial charge in [-0.1, -0.05) is 20.3 Å². The molecule has 5 unspecified atom stereocenters. The van der Waals surface area contributed by atoms with Crippen molar-refractivity contribution in [1.29, 1.82) is 0 Å². The summed E-state index contributed by atoms with van der Waals surface area (Å²) in [5.74, 6) is -4.19. The first-order valence-corrected chi connectivity index (χ1v) is 12.2. The number of carboxylic acids is 2. The number of carboxylic acid groups (broad SMARTS) is 2. The van der Waals surface area contributed by atoms with E-state index in [-0.39, 0.29) is 30.9 Å². The summed E-state index contributed by atoms with van der Waals surface area (Å²) in [4.78, 5) is 59.7. The van der Waals surface area contributed by atoms with Crippen molar-refractivity contribution in [1.82, 2.24) is 16.0 Å². The summed E-state index contributed by atoms with van der Waals surface area (Å²) in [6.45, 7) is 3.54. The van der Waals surface area contributed by atoms with Gasteiger partial charge in [-0.15, -0.1) is 0 Å². The number of nitrogens with two attached hydrogens (primary N) is 1. The molecule has 0 saturated heterocycles. The highest BCUT2D eigenvalue weighted by Gasteiger charge is 2.32. The fourth-order valence-electron chi connectivity index (χ4n) is 2.59. The molecule has 0 aromatic carbocycles. The Labute approximate surface area is 197 Å². The molecule has 184 valence electrons. The Morgan fingerprint density at radius 3 is 2.03 bits per heavy atom. The van der Waals surface area contributed by atoms with Gasteiger partial charge in [-0.2, -0.15) is 24.4 Å². The summed E-state index contributed by atoms with van der Waals surface area (Å²) in [7, 11) is 0. The van der Waals surface area contributed by atoms with E-state index in [1.165, 1.54) is 11.8 Å². The third kappa shape index (κ3) is 11.0. The lowest BCUT2D eigenvalue weighted by atomic mass is 9.97. The highest BCUT2D eigenvalue weighted by molar-refractivity contribution is 7.98. The van der Waals surface area contributed by atoms with Crippen molar-refractivity contribution in [2.75, 3.05) is 17.8 Å². The second-order valence-corrected chi connectivity index (χ2v) is 8.69. The Morgan fingerprint density at radius 2 is 1.56 bits per heavy atom. The van der Waals surface area contributed by atoms with Crippen molar-refractivity contribution in [3.63, 3.8) is 0 Å². The van der Waals surface area contributed by atoms with Crippen LogP contribution >= 0.6 is 24.4 Å². The number of rotatable bonds is 16. The lowest BCUT2D eigenvalue weighted by Crippen LogP contribution is -2.59. The molecule has 0 rings (SSSR count).